The van der Waals surface area contributed by atoms with Gasteiger partial charge in [0.2, 0.25) is 0 Å². The van der Waals surface area contributed by atoms with E-state index < -0.39 is 0 Å². The molecular weight excluding hydrogens is 430 g/mol. The maximum atomic E-state index is 13.2. The molecule has 1 heterocycles. The Kier molecular flexibility index (Phi) is 4.32. The van der Waals surface area contributed by atoms with Crippen LogP contribution in [0.5, 0.6) is 5.75 Å². The van der Waals surface area contributed by atoms with Crippen LogP contribution >= 0.6 is 15.9 Å². The molecule has 3 aromatic rings. The van der Waals surface area contributed by atoms with Gasteiger partial charge in [-0.3, -0.25) is 9.59 Å². The quantitative estimate of drug-likeness (QED) is 0.486. The van der Waals surface area contributed by atoms with Crippen LogP contribution < -0.4 is 9.64 Å². The summed E-state index contributed by atoms with van der Waals surface area (Å²) in [5.74, 6) is 0.0639. The van der Waals surface area contributed by atoms with Crippen molar-refractivity contribution in [2.24, 2.45) is 0 Å². The molecule has 1 aliphatic carbocycles. The van der Waals surface area contributed by atoms with E-state index in [4.69, 9.17) is 4.74 Å². The van der Waals surface area contributed by atoms with Crippen LogP contribution in [0.3, 0.4) is 0 Å². The normalized spacial score (nSPS) is 15.2. The lowest BCUT2D eigenvalue weighted by Gasteiger charge is -2.27. The molecule has 5 heteroatoms. The highest BCUT2D eigenvalue weighted by Crippen LogP contribution is 2.36. The van der Waals surface area contributed by atoms with Crippen molar-refractivity contribution in [2.75, 3.05) is 11.5 Å². The predicted octanol–water partition coefficient (Wildman–Crippen LogP) is 5.67. The zero-order chi connectivity index (χ0) is 20.0. The first-order valence-electron chi connectivity index (χ1n) is 9.31. The fourth-order valence-corrected chi connectivity index (χ4v) is 4.22. The Balaban J connectivity index is 1.46. The fraction of sp³-hybridized carbons (Fsp3) is 0.0833. The van der Waals surface area contributed by atoms with E-state index in [2.05, 4.69) is 28.1 Å². The first-order valence-corrected chi connectivity index (χ1v) is 10.1. The second-order valence-corrected chi connectivity index (χ2v) is 7.86. The van der Waals surface area contributed by atoms with Crippen molar-refractivity contribution in [1.82, 2.24) is 0 Å². The fourth-order valence-electron chi connectivity index (χ4n) is 3.76. The molecule has 142 valence electrons. The first kappa shape index (κ1) is 17.9. The summed E-state index contributed by atoms with van der Waals surface area (Å²) in [4.78, 5) is 27.5. The zero-order valence-electron chi connectivity index (χ0n) is 15.4. The number of anilines is 1. The van der Waals surface area contributed by atoms with E-state index in [1.807, 2.05) is 24.3 Å². The average molecular weight is 446 g/mol. The number of amides is 2. The molecule has 2 aliphatic rings. The number of rotatable bonds is 4. The maximum Gasteiger partial charge on any atom is 0.265 e. The van der Waals surface area contributed by atoms with Crippen LogP contribution in [0.15, 0.2) is 82.9 Å². The molecule has 2 amide bonds. The van der Waals surface area contributed by atoms with E-state index in [0.29, 0.717) is 34.6 Å². The molecule has 0 spiro atoms. The lowest BCUT2D eigenvalue weighted by Crippen LogP contribution is -2.40. The van der Waals surface area contributed by atoms with Gasteiger partial charge in [0, 0.05) is 21.0 Å². The third kappa shape index (κ3) is 2.98. The summed E-state index contributed by atoms with van der Waals surface area (Å²) in [7, 11) is 0. The number of allylic oxidation sites excluding steroid dienone is 3. The van der Waals surface area contributed by atoms with E-state index in [1.165, 1.54) is 10.5 Å². The minimum Gasteiger partial charge on any atom is -0.489 e. The van der Waals surface area contributed by atoms with Gasteiger partial charge in [0.25, 0.3) is 11.8 Å². The topological polar surface area (TPSA) is 46.6 Å². The highest BCUT2D eigenvalue weighted by molar-refractivity contribution is 9.10. The van der Waals surface area contributed by atoms with Crippen molar-refractivity contribution >= 4 is 44.2 Å². The van der Waals surface area contributed by atoms with Gasteiger partial charge in [-0.15, -0.1) is 0 Å². The number of carbonyl (C=O) groups is 2. The molecular formula is C24H16BrNO3. The van der Waals surface area contributed by atoms with Gasteiger partial charge in [0.1, 0.15) is 12.4 Å². The lowest BCUT2D eigenvalue weighted by atomic mass is 9.94. The third-order valence-electron chi connectivity index (χ3n) is 5.22. The van der Waals surface area contributed by atoms with Gasteiger partial charge in [0.15, 0.2) is 0 Å². The molecule has 0 N–H and O–H groups in total. The largest absolute Gasteiger partial charge is 0.489 e. The number of imide groups is 1. The number of ether oxygens (including phenoxy) is 1. The number of hydrogen-bond acceptors (Lipinski definition) is 3. The van der Waals surface area contributed by atoms with Crippen LogP contribution in [0.25, 0.3) is 10.8 Å². The summed E-state index contributed by atoms with van der Waals surface area (Å²) in [6.07, 6.45) is 7.07. The van der Waals surface area contributed by atoms with Gasteiger partial charge < -0.3 is 4.74 Å². The van der Waals surface area contributed by atoms with Gasteiger partial charge in [-0.1, -0.05) is 46.3 Å². The van der Waals surface area contributed by atoms with E-state index in [0.717, 1.165) is 16.3 Å². The predicted molar refractivity (Wildman–Crippen MR) is 117 cm³/mol. The number of halogens is 1. The summed E-state index contributed by atoms with van der Waals surface area (Å²) < 4.78 is 6.66. The molecule has 4 nitrogen and oxygen atoms in total. The average Bonchev–Trinajstić information content (AvgIpc) is 3.26. The SMILES string of the molecule is O=C1c2cccc3c(Br)ccc(c23)C(=O)N1c1ccc(OCC2=CC=CC2)cc1. The second-order valence-electron chi connectivity index (χ2n) is 7.01. The first-order chi connectivity index (χ1) is 14.1. The molecule has 0 unspecified atom stereocenters. The van der Waals surface area contributed by atoms with Crippen molar-refractivity contribution in [1.29, 1.82) is 0 Å². The number of carbonyl (C=O) groups excluding carboxylic acids is 2. The van der Waals surface area contributed by atoms with Gasteiger partial charge in [-0.2, -0.15) is 0 Å². The Morgan fingerprint density at radius 3 is 2.41 bits per heavy atom. The van der Waals surface area contributed by atoms with Gasteiger partial charge in [-0.05, 0) is 59.8 Å². The van der Waals surface area contributed by atoms with Crippen molar-refractivity contribution in [2.45, 2.75) is 6.42 Å². The summed E-state index contributed by atoms with van der Waals surface area (Å²) in [5, 5.41) is 1.56. The number of hydrogen-bond donors (Lipinski definition) is 0. The molecule has 0 bridgehead atoms. The minimum absolute atomic E-state index is 0.318. The second kappa shape index (κ2) is 7.01. The molecule has 0 radical (unpaired) electrons. The van der Waals surface area contributed by atoms with Crippen LogP contribution in [0, 0.1) is 0 Å². The van der Waals surface area contributed by atoms with Crippen molar-refractivity contribution in [3.63, 3.8) is 0 Å². The Labute approximate surface area is 176 Å². The molecule has 1 aliphatic heterocycles. The van der Waals surface area contributed by atoms with Crippen LogP contribution in [0.4, 0.5) is 5.69 Å². The Morgan fingerprint density at radius 1 is 0.931 bits per heavy atom. The van der Waals surface area contributed by atoms with Crippen molar-refractivity contribution in [3.05, 3.63) is 94.0 Å². The van der Waals surface area contributed by atoms with E-state index >= 15 is 0 Å². The molecule has 29 heavy (non-hydrogen) atoms. The van der Waals surface area contributed by atoms with Gasteiger partial charge in [-0.25, -0.2) is 4.90 Å². The minimum atomic E-state index is -0.318. The molecule has 0 saturated carbocycles. The van der Waals surface area contributed by atoms with Gasteiger partial charge >= 0.3 is 0 Å². The summed E-state index contributed by atoms with van der Waals surface area (Å²) in [6.45, 7) is 0.526. The van der Waals surface area contributed by atoms with Crippen LogP contribution in [-0.4, -0.2) is 18.4 Å². The standard InChI is InChI=1S/C24H16BrNO3/c25-21-13-12-20-22-18(21)6-3-7-19(22)23(27)26(24(20)28)16-8-10-17(11-9-16)29-14-15-4-1-2-5-15/h1-4,6-13H,5,14H2. The van der Waals surface area contributed by atoms with Crippen LogP contribution in [-0.2, 0) is 0 Å². The van der Waals surface area contributed by atoms with Crippen molar-refractivity contribution in [3.8, 4) is 5.75 Å². The van der Waals surface area contributed by atoms with Gasteiger partial charge in [0.05, 0.1) is 5.69 Å². The molecule has 0 atom stereocenters. The summed E-state index contributed by atoms with van der Waals surface area (Å²) in [5.41, 5.74) is 2.80. The monoisotopic (exact) mass is 445 g/mol. The molecule has 3 aromatic carbocycles. The Morgan fingerprint density at radius 2 is 1.69 bits per heavy atom. The maximum absolute atomic E-state index is 13.2. The lowest BCUT2D eigenvalue weighted by molar-refractivity contribution is 0.0893. The molecule has 0 saturated heterocycles. The Hall–Kier alpha value is -3.18. The van der Waals surface area contributed by atoms with E-state index in [-0.39, 0.29) is 11.8 Å². The smallest absolute Gasteiger partial charge is 0.265 e. The zero-order valence-corrected chi connectivity index (χ0v) is 17.0. The van der Waals surface area contributed by atoms with Crippen LogP contribution in [0.1, 0.15) is 27.1 Å². The van der Waals surface area contributed by atoms with Crippen molar-refractivity contribution < 1.29 is 14.3 Å². The molecule has 5 rings (SSSR count). The third-order valence-corrected chi connectivity index (χ3v) is 5.91. The number of benzene rings is 3. The highest BCUT2D eigenvalue weighted by atomic mass is 79.9. The summed E-state index contributed by atoms with van der Waals surface area (Å²) in [6, 6.07) is 16.2. The Bertz CT molecular complexity index is 1200. The highest BCUT2D eigenvalue weighted by Gasteiger charge is 2.34. The van der Waals surface area contributed by atoms with E-state index in [1.54, 1.807) is 36.4 Å². The van der Waals surface area contributed by atoms with Crippen LogP contribution in [0.2, 0.25) is 0 Å². The number of nitrogens with zero attached hydrogens (tertiary/aromatic N) is 1. The summed E-state index contributed by atoms with van der Waals surface area (Å²) >= 11 is 3.51. The molecule has 0 fully saturated rings. The van der Waals surface area contributed by atoms with E-state index in [9.17, 15) is 9.59 Å². The molecule has 0 aromatic heterocycles.